The molecule has 0 aliphatic heterocycles. The van der Waals surface area contributed by atoms with Gasteiger partial charge in [0, 0.05) is 18.4 Å². The van der Waals surface area contributed by atoms with Crippen LogP contribution in [0, 0.1) is 6.92 Å². The van der Waals surface area contributed by atoms with Crippen molar-refractivity contribution in [1.29, 1.82) is 0 Å². The molecule has 0 aliphatic carbocycles. The Labute approximate surface area is 153 Å². The summed E-state index contributed by atoms with van der Waals surface area (Å²) >= 11 is 0. The fraction of sp³-hybridized carbons (Fsp3) is 0.211. The maximum atomic E-state index is 12.4. The van der Waals surface area contributed by atoms with Gasteiger partial charge in [0.15, 0.2) is 5.78 Å². The summed E-state index contributed by atoms with van der Waals surface area (Å²) in [5, 5.41) is 4.12. The van der Waals surface area contributed by atoms with E-state index in [0.29, 0.717) is 5.56 Å². The van der Waals surface area contributed by atoms with Crippen LogP contribution in [0.4, 0.5) is 24.5 Å². The monoisotopic (exact) mass is 378 g/mol. The van der Waals surface area contributed by atoms with E-state index < -0.39 is 18.0 Å². The third-order valence-electron chi connectivity index (χ3n) is 3.66. The van der Waals surface area contributed by atoms with Crippen molar-refractivity contribution in [2.24, 2.45) is 0 Å². The van der Waals surface area contributed by atoms with Crippen LogP contribution >= 0.6 is 0 Å². The van der Waals surface area contributed by atoms with Crippen molar-refractivity contribution in [2.45, 2.75) is 25.9 Å². The molecule has 0 bridgehead atoms. The van der Waals surface area contributed by atoms with Gasteiger partial charge in [0.1, 0.15) is 0 Å². The molecule has 0 aromatic heterocycles. The normalized spacial score (nSPS) is 11.0. The van der Waals surface area contributed by atoms with Crippen LogP contribution in [-0.4, -0.2) is 23.8 Å². The Morgan fingerprint density at radius 1 is 0.852 bits per heavy atom. The van der Waals surface area contributed by atoms with E-state index in [0.717, 1.165) is 5.56 Å². The Morgan fingerprint density at radius 3 is 1.96 bits per heavy atom. The van der Waals surface area contributed by atoms with Crippen LogP contribution in [0.3, 0.4) is 0 Å². The number of hydrogen-bond acceptors (Lipinski definition) is 3. The number of anilines is 2. The minimum absolute atomic E-state index is 0.0166. The lowest BCUT2D eigenvalue weighted by molar-refractivity contribution is -0.167. The minimum Gasteiger partial charge on any atom is -0.324 e. The van der Waals surface area contributed by atoms with Gasteiger partial charge in [-0.2, -0.15) is 13.2 Å². The van der Waals surface area contributed by atoms with Gasteiger partial charge in [-0.15, -0.1) is 0 Å². The maximum absolute atomic E-state index is 12.4. The van der Waals surface area contributed by atoms with Gasteiger partial charge in [0.2, 0.25) is 5.91 Å². The number of nitrogens with one attached hydrogen (secondary N) is 2. The summed E-state index contributed by atoms with van der Waals surface area (Å²) < 4.78 is 37.2. The van der Waals surface area contributed by atoms with Crippen molar-refractivity contribution in [3.8, 4) is 0 Å². The molecular formula is C19H17F3N2O3. The lowest BCUT2D eigenvalue weighted by Gasteiger charge is -2.13. The van der Waals surface area contributed by atoms with Gasteiger partial charge in [-0.25, -0.2) is 0 Å². The lowest BCUT2D eigenvalue weighted by atomic mass is 10.0. The molecule has 2 aromatic rings. The van der Waals surface area contributed by atoms with Crippen LogP contribution in [0.1, 0.15) is 28.8 Å². The molecule has 0 atom stereocenters. The van der Waals surface area contributed by atoms with Gasteiger partial charge < -0.3 is 10.6 Å². The molecule has 2 amide bonds. The van der Waals surface area contributed by atoms with Crippen LogP contribution < -0.4 is 10.6 Å². The number of Topliss-reactive ketones (excluding diaryl/α,β-unsaturated/α-hetero) is 1. The van der Waals surface area contributed by atoms with Crippen LogP contribution in [0.2, 0.25) is 0 Å². The second-order valence-electron chi connectivity index (χ2n) is 5.83. The highest BCUT2D eigenvalue weighted by atomic mass is 19.4. The fourth-order valence-electron chi connectivity index (χ4n) is 2.22. The smallest absolute Gasteiger partial charge is 0.324 e. The zero-order valence-corrected chi connectivity index (χ0v) is 14.4. The molecule has 2 N–H and O–H groups in total. The summed E-state index contributed by atoms with van der Waals surface area (Å²) in [6.45, 7) is 1.89. The third-order valence-corrected chi connectivity index (χ3v) is 3.66. The predicted octanol–water partition coefficient (Wildman–Crippen LogP) is 4.10. The number of alkyl halides is 3. The van der Waals surface area contributed by atoms with E-state index in [2.05, 4.69) is 5.32 Å². The quantitative estimate of drug-likeness (QED) is 0.743. The fourth-order valence-corrected chi connectivity index (χ4v) is 2.22. The van der Waals surface area contributed by atoms with Crippen LogP contribution in [0.5, 0.6) is 0 Å². The number of ketones is 1. The summed E-state index contributed by atoms with van der Waals surface area (Å²) in [6, 6.07) is 12.4. The van der Waals surface area contributed by atoms with Crippen LogP contribution in [-0.2, 0) is 9.59 Å². The summed E-state index contributed by atoms with van der Waals surface area (Å²) in [5.41, 5.74) is 1.31. The average molecular weight is 378 g/mol. The number of hydrogen-bond donors (Lipinski definition) is 2. The summed E-state index contributed by atoms with van der Waals surface area (Å²) in [6.07, 6.45) is -5.24. The van der Waals surface area contributed by atoms with Crippen molar-refractivity contribution in [1.82, 2.24) is 0 Å². The number of carbonyl (C=O) groups is 3. The summed E-state index contributed by atoms with van der Waals surface area (Å²) in [7, 11) is 0. The number of aryl methyl sites for hydroxylation is 1. The highest BCUT2D eigenvalue weighted by molar-refractivity contribution is 6.03. The van der Waals surface area contributed by atoms with E-state index in [1.807, 2.05) is 6.92 Å². The molecule has 0 radical (unpaired) electrons. The number of halogens is 3. The van der Waals surface area contributed by atoms with E-state index in [1.54, 1.807) is 29.6 Å². The highest BCUT2D eigenvalue weighted by Gasteiger charge is 2.39. The Kier molecular flexibility index (Phi) is 6.33. The highest BCUT2D eigenvalue weighted by Crippen LogP contribution is 2.24. The largest absolute Gasteiger partial charge is 0.471 e. The SMILES string of the molecule is Cc1ccc(C(=O)CCC(=O)Nc2ccccc2NC(=O)C(F)(F)F)cc1. The molecule has 2 rings (SSSR count). The van der Waals surface area contributed by atoms with Gasteiger partial charge in [0.25, 0.3) is 0 Å². The first-order valence-electron chi connectivity index (χ1n) is 8.04. The van der Waals surface area contributed by atoms with E-state index in [9.17, 15) is 27.6 Å². The number of rotatable bonds is 6. The molecule has 0 heterocycles. The number of carbonyl (C=O) groups excluding carboxylic acids is 3. The standard InChI is InChI=1S/C19H17F3N2O3/c1-12-6-8-13(9-7-12)16(25)10-11-17(26)23-14-4-2-3-5-15(14)24-18(27)19(20,21)22/h2-9H,10-11H2,1H3,(H,23,26)(H,24,27). The van der Waals surface area contributed by atoms with Crippen molar-refractivity contribution >= 4 is 29.0 Å². The Bertz CT molecular complexity index is 846. The molecule has 2 aromatic carbocycles. The van der Waals surface area contributed by atoms with E-state index in [4.69, 9.17) is 0 Å². The maximum Gasteiger partial charge on any atom is 0.471 e. The third kappa shape index (κ3) is 5.95. The van der Waals surface area contributed by atoms with Gasteiger partial charge in [0.05, 0.1) is 11.4 Å². The molecule has 0 saturated heterocycles. The number of benzene rings is 2. The Hall–Kier alpha value is -3.16. The molecule has 0 spiro atoms. The van der Waals surface area contributed by atoms with Gasteiger partial charge in [-0.1, -0.05) is 42.0 Å². The summed E-state index contributed by atoms with van der Waals surface area (Å²) in [5.74, 6) is -2.91. The molecule has 0 saturated carbocycles. The summed E-state index contributed by atoms with van der Waals surface area (Å²) in [4.78, 5) is 35.2. The first-order valence-corrected chi connectivity index (χ1v) is 8.04. The number of para-hydroxylation sites is 2. The molecule has 0 aliphatic rings. The predicted molar refractivity (Wildman–Crippen MR) is 94.5 cm³/mol. The molecule has 142 valence electrons. The molecule has 0 fully saturated rings. The molecular weight excluding hydrogens is 361 g/mol. The van der Waals surface area contributed by atoms with Crippen molar-refractivity contribution in [3.63, 3.8) is 0 Å². The van der Waals surface area contributed by atoms with Gasteiger partial charge >= 0.3 is 12.1 Å². The zero-order valence-electron chi connectivity index (χ0n) is 14.4. The second-order valence-corrected chi connectivity index (χ2v) is 5.83. The van der Waals surface area contributed by atoms with Gasteiger partial charge in [-0.05, 0) is 19.1 Å². The molecule has 5 nitrogen and oxygen atoms in total. The molecule has 8 heteroatoms. The molecule has 27 heavy (non-hydrogen) atoms. The van der Waals surface area contributed by atoms with Crippen LogP contribution in [0.15, 0.2) is 48.5 Å². The first-order chi connectivity index (χ1) is 12.7. The topological polar surface area (TPSA) is 75.3 Å². The Balaban J connectivity index is 1.96. The van der Waals surface area contributed by atoms with Crippen molar-refractivity contribution in [2.75, 3.05) is 10.6 Å². The van der Waals surface area contributed by atoms with Crippen molar-refractivity contribution < 1.29 is 27.6 Å². The first kappa shape index (κ1) is 20.2. The van der Waals surface area contributed by atoms with Gasteiger partial charge in [-0.3, -0.25) is 14.4 Å². The van der Waals surface area contributed by atoms with Crippen LogP contribution in [0.25, 0.3) is 0 Å². The molecule has 0 unspecified atom stereocenters. The van der Waals surface area contributed by atoms with Crippen molar-refractivity contribution in [3.05, 3.63) is 59.7 Å². The lowest BCUT2D eigenvalue weighted by Crippen LogP contribution is -2.30. The minimum atomic E-state index is -5.04. The average Bonchev–Trinajstić information content (AvgIpc) is 2.61. The second kappa shape index (κ2) is 8.48. The van der Waals surface area contributed by atoms with E-state index in [1.165, 1.54) is 24.3 Å². The van der Waals surface area contributed by atoms with E-state index in [-0.39, 0.29) is 30.0 Å². The number of amides is 2. The zero-order chi connectivity index (χ0) is 20.0. The Morgan fingerprint density at radius 2 is 1.41 bits per heavy atom. The van der Waals surface area contributed by atoms with E-state index >= 15 is 0 Å².